The van der Waals surface area contributed by atoms with Crippen molar-refractivity contribution < 1.29 is 9.53 Å². The summed E-state index contributed by atoms with van der Waals surface area (Å²) in [4.78, 5) is 17.6. The number of carbonyl (C=O) groups excluding carboxylic acids is 1. The lowest BCUT2D eigenvalue weighted by Crippen LogP contribution is -2.47. The van der Waals surface area contributed by atoms with Gasteiger partial charge in [0.1, 0.15) is 5.54 Å². The van der Waals surface area contributed by atoms with Gasteiger partial charge in [-0.3, -0.25) is 10.3 Å². The molecule has 0 aliphatic rings. The third-order valence-corrected chi connectivity index (χ3v) is 4.00. The van der Waals surface area contributed by atoms with Crippen molar-refractivity contribution in [3.05, 3.63) is 52.5 Å². The first-order valence-corrected chi connectivity index (χ1v) is 7.40. The number of hydrogen-bond donors (Lipinski definition) is 1. The van der Waals surface area contributed by atoms with Crippen LogP contribution in [0.25, 0.3) is 0 Å². The van der Waals surface area contributed by atoms with Crippen LogP contribution in [0.1, 0.15) is 24.3 Å². The van der Waals surface area contributed by atoms with Crippen LogP contribution in [-0.4, -0.2) is 17.6 Å². The molecule has 0 radical (unpaired) electrons. The van der Waals surface area contributed by atoms with Crippen LogP contribution in [0.2, 0.25) is 0 Å². The number of rotatable bonds is 6. The van der Waals surface area contributed by atoms with Crippen LogP contribution in [0.4, 0.5) is 0 Å². The molecule has 0 bridgehead atoms. The largest absolute Gasteiger partial charge is 0.464 e. The van der Waals surface area contributed by atoms with E-state index >= 15 is 0 Å². The highest BCUT2D eigenvalue weighted by molar-refractivity contribution is 7.09. The van der Waals surface area contributed by atoms with Gasteiger partial charge in [-0.1, -0.05) is 12.1 Å². The summed E-state index contributed by atoms with van der Waals surface area (Å²) < 4.78 is 5.21. The van der Waals surface area contributed by atoms with Crippen molar-refractivity contribution in [2.24, 2.45) is 0 Å². The Balaban J connectivity index is 2.22. The molecule has 0 saturated heterocycles. The zero-order valence-corrected chi connectivity index (χ0v) is 12.4. The topological polar surface area (TPSA) is 51.2 Å². The molecule has 1 atom stereocenters. The second-order valence-electron chi connectivity index (χ2n) is 4.52. The summed E-state index contributed by atoms with van der Waals surface area (Å²) in [6.45, 7) is 4.60. The Bertz CT molecular complexity index is 542. The summed E-state index contributed by atoms with van der Waals surface area (Å²) in [6.07, 6.45) is 3.38. The normalized spacial score (nSPS) is 13.7. The van der Waals surface area contributed by atoms with Gasteiger partial charge in [0, 0.05) is 29.4 Å². The molecule has 0 aliphatic heterocycles. The van der Waals surface area contributed by atoms with Crippen LogP contribution in [0.15, 0.2) is 42.0 Å². The maximum atomic E-state index is 12.3. The first kappa shape index (κ1) is 14.7. The zero-order valence-electron chi connectivity index (χ0n) is 11.6. The summed E-state index contributed by atoms with van der Waals surface area (Å²) in [5.74, 6) is -0.287. The van der Waals surface area contributed by atoms with Gasteiger partial charge >= 0.3 is 5.97 Å². The van der Waals surface area contributed by atoms with Crippen molar-refractivity contribution in [2.45, 2.75) is 25.9 Å². The first-order valence-electron chi connectivity index (χ1n) is 6.52. The molecule has 0 amide bonds. The summed E-state index contributed by atoms with van der Waals surface area (Å²) in [5.41, 5.74) is -0.0937. The van der Waals surface area contributed by atoms with Crippen molar-refractivity contribution in [1.82, 2.24) is 10.3 Å². The highest BCUT2D eigenvalue weighted by atomic mass is 32.1. The van der Waals surface area contributed by atoms with Crippen LogP contribution in [0.5, 0.6) is 0 Å². The molecule has 2 aromatic rings. The summed E-state index contributed by atoms with van der Waals surface area (Å²) in [5, 5.41) is 5.31. The van der Waals surface area contributed by atoms with E-state index in [1.54, 1.807) is 30.7 Å². The van der Waals surface area contributed by atoms with Gasteiger partial charge in [0.2, 0.25) is 0 Å². The van der Waals surface area contributed by atoms with E-state index in [1.165, 1.54) is 4.88 Å². The van der Waals surface area contributed by atoms with Crippen LogP contribution in [0, 0.1) is 0 Å². The van der Waals surface area contributed by atoms with Gasteiger partial charge in [-0.2, -0.15) is 0 Å². The molecule has 20 heavy (non-hydrogen) atoms. The standard InChI is InChI=1S/C15H18N2O2S/c1-3-19-14(18)15(2,12-6-4-8-16-10-12)17-11-13-7-5-9-20-13/h4-10,17H,3,11H2,1-2H3. The zero-order chi connectivity index (χ0) is 14.4. The van der Waals surface area contributed by atoms with Gasteiger partial charge in [-0.25, -0.2) is 4.79 Å². The minimum absolute atomic E-state index is 0.287. The highest BCUT2D eigenvalue weighted by Gasteiger charge is 2.36. The van der Waals surface area contributed by atoms with Gasteiger partial charge in [-0.15, -0.1) is 11.3 Å². The third-order valence-electron chi connectivity index (χ3n) is 3.12. The number of nitrogens with zero attached hydrogens (tertiary/aromatic N) is 1. The second kappa shape index (κ2) is 6.63. The van der Waals surface area contributed by atoms with Crippen LogP contribution < -0.4 is 5.32 Å². The molecule has 2 aromatic heterocycles. The lowest BCUT2D eigenvalue weighted by atomic mass is 9.93. The molecule has 0 saturated carbocycles. The molecule has 0 fully saturated rings. The Morgan fingerprint density at radius 2 is 2.30 bits per heavy atom. The minimum atomic E-state index is -0.895. The van der Waals surface area contributed by atoms with E-state index in [0.717, 1.165) is 5.56 Å². The van der Waals surface area contributed by atoms with E-state index in [-0.39, 0.29) is 5.97 Å². The van der Waals surface area contributed by atoms with Gasteiger partial charge in [0.25, 0.3) is 0 Å². The predicted octanol–water partition coefficient (Wildman–Crippen LogP) is 2.71. The fraction of sp³-hybridized carbons (Fsp3) is 0.333. The molecule has 106 valence electrons. The summed E-state index contributed by atoms with van der Waals surface area (Å²) in [6, 6.07) is 7.73. The Morgan fingerprint density at radius 1 is 1.45 bits per heavy atom. The Kier molecular flexibility index (Phi) is 4.87. The molecule has 2 rings (SSSR count). The monoisotopic (exact) mass is 290 g/mol. The molecule has 2 heterocycles. The maximum absolute atomic E-state index is 12.3. The van der Waals surface area contributed by atoms with E-state index in [9.17, 15) is 4.79 Å². The van der Waals surface area contributed by atoms with Gasteiger partial charge in [0.05, 0.1) is 6.61 Å². The number of hydrogen-bond acceptors (Lipinski definition) is 5. The van der Waals surface area contributed by atoms with Crippen LogP contribution in [-0.2, 0) is 21.6 Å². The molecular weight excluding hydrogens is 272 g/mol. The van der Waals surface area contributed by atoms with Crippen molar-refractivity contribution in [3.63, 3.8) is 0 Å². The lowest BCUT2D eigenvalue weighted by Gasteiger charge is -2.28. The molecule has 1 unspecified atom stereocenters. The fourth-order valence-electron chi connectivity index (χ4n) is 1.90. The van der Waals surface area contributed by atoms with Gasteiger partial charge in [-0.05, 0) is 31.4 Å². The highest BCUT2D eigenvalue weighted by Crippen LogP contribution is 2.23. The predicted molar refractivity (Wildman–Crippen MR) is 79.4 cm³/mol. The van der Waals surface area contributed by atoms with E-state index in [0.29, 0.717) is 13.2 Å². The molecule has 0 spiro atoms. The number of ether oxygens (including phenoxy) is 1. The average Bonchev–Trinajstić information content (AvgIpc) is 2.99. The molecule has 4 nitrogen and oxygen atoms in total. The fourth-order valence-corrected chi connectivity index (χ4v) is 2.55. The van der Waals surface area contributed by atoms with E-state index < -0.39 is 5.54 Å². The Labute approximate surface area is 122 Å². The van der Waals surface area contributed by atoms with E-state index in [2.05, 4.69) is 10.3 Å². The molecule has 5 heteroatoms. The number of carbonyl (C=O) groups is 1. The van der Waals surface area contributed by atoms with E-state index in [1.807, 2.05) is 36.6 Å². The number of nitrogens with one attached hydrogen (secondary N) is 1. The van der Waals surface area contributed by atoms with Crippen molar-refractivity contribution in [1.29, 1.82) is 0 Å². The molecule has 0 aromatic carbocycles. The number of esters is 1. The average molecular weight is 290 g/mol. The minimum Gasteiger partial charge on any atom is -0.464 e. The molecule has 1 N–H and O–H groups in total. The summed E-state index contributed by atoms with van der Waals surface area (Å²) in [7, 11) is 0. The lowest BCUT2D eigenvalue weighted by molar-refractivity contribution is -0.151. The van der Waals surface area contributed by atoms with Gasteiger partial charge in [0.15, 0.2) is 0 Å². The maximum Gasteiger partial charge on any atom is 0.330 e. The number of aromatic nitrogens is 1. The number of thiophene rings is 1. The quantitative estimate of drug-likeness (QED) is 0.831. The van der Waals surface area contributed by atoms with Crippen molar-refractivity contribution in [3.8, 4) is 0 Å². The smallest absolute Gasteiger partial charge is 0.330 e. The number of pyridine rings is 1. The first-order chi connectivity index (χ1) is 9.66. The molecule has 0 aliphatic carbocycles. The van der Waals surface area contributed by atoms with Crippen LogP contribution in [0.3, 0.4) is 0 Å². The van der Waals surface area contributed by atoms with E-state index in [4.69, 9.17) is 4.74 Å². The Hall–Kier alpha value is -1.72. The Morgan fingerprint density at radius 3 is 2.90 bits per heavy atom. The van der Waals surface area contributed by atoms with Crippen molar-refractivity contribution in [2.75, 3.05) is 6.61 Å². The molecular formula is C15H18N2O2S. The van der Waals surface area contributed by atoms with Gasteiger partial charge < -0.3 is 4.74 Å². The second-order valence-corrected chi connectivity index (χ2v) is 5.55. The third kappa shape index (κ3) is 3.23. The SMILES string of the molecule is CCOC(=O)C(C)(NCc1cccs1)c1cccnc1. The van der Waals surface area contributed by atoms with Crippen molar-refractivity contribution >= 4 is 17.3 Å². The van der Waals surface area contributed by atoms with Crippen LogP contribution >= 0.6 is 11.3 Å². The summed E-state index contributed by atoms with van der Waals surface area (Å²) >= 11 is 1.65.